The van der Waals surface area contributed by atoms with E-state index in [0.29, 0.717) is 10.6 Å². The van der Waals surface area contributed by atoms with Crippen molar-refractivity contribution in [3.63, 3.8) is 0 Å². The van der Waals surface area contributed by atoms with E-state index >= 15 is 0 Å². The van der Waals surface area contributed by atoms with E-state index in [2.05, 4.69) is 6.07 Å². The minimum atomic E-state index is -0.194. The highest BCUT2D eigenvalue weighted by Crippen LogP contribution is 2.21. The van der Waals surface area contributed by atoms with Crippen molar-refractivity contribution in [2.24, 2.45) is 5.73 Å². The predicted octanol–water partition coefficient (Wildman–Crippen LogP) is 3.68. The van der Waals surface area contributed by atoms with Gasteiger partial charge in [-0.05, 0) is 35.4 Å². The highest BCUT2D eigenvalue weighted by molar-refractivity contribution is 6.30. The number of halogens is 2. The van der Waals surface area contributed by atoms with Gasteiger partial charge < -0.3 is 5.73 Å². The van der Waals surface area contributed by atoms with Crippen LogP contribution in [0.4, 0.5) is 0 Å². The largest absolute Gasteiger partial charge is 0.320 e. The van der Waals surface area contributed by atoms with E-state index in [1.54, 1.807) is 12.1 Å². The summed E-state index contributed by atoms with van der Waals surface area (Å²) in [6.45, 7) is 0. The monoisotopic (exact) mass is 278 g/mol. The quantitative estimate of drug-likeness (QED) is 0.911. The average molecular weight is 279 g/mol. The van der Waals surface area contributed by atoms with Gasteiger partial charge in [0, 0.05) is 5.02 Å². The molecule has 2 aromatic carbocycles. The third-order valence-corrected chi connectivity index (χ3v) is 2.88. The van der Waals surface area contributed by atoms with Gasteiger partial charge in [-0.25, -0.2) is 0 Å². The number of nitrogens with two attached hydrogens (primary N) is 1. The van der Waals surface area contributed by atoms with Crippen LogP contribution in [0, 0.1) is 11.3 Å². The number of hydrogen-bond acceptors (Lipinski definition) is 2. The fourth-order valence-electron chi connectivity index (χ4n) is 1.63. The molecule has 0 aliphatic heterocycles. The second kappa shape index (κ2) is 6.42. The van der Waals surface area contributed by atoms with Gasteiger partial charge in [-0.2, -0.15) is 5.26 Å². The SMILES string of the molecule is Cl.N#Cc1ccc(C(N)c2ccc(Cl)cc2)cc1. The summed E-state index contributed by atoms with van der Waals surface area (Å²) in [6.07, 6.45) is 0. The molecule has 1 unspecified atom stereocenters. The van der Waals surface area contributed by atoms with E-state index in [1.165, 1.54) is 0 Å². The van der Waals surface area contributed by atoms with Crippen LogP contribution in [-0.2, 0) is 0 Å². The van der Waals surface area contributed by atoms with Crippen molar-refractivity contribution in [3.8, 4) is 6.07 Å². The van der Waals surface area contributed by atoms with Gasteiger partial charge in [-0.1, -0.05) is 35.9 Å². The van der Waals surface area contributed by atoms with Crippen LogP contribution in [0.25, 0.3) is 0 Å². The van der Waals surface area contributed by atoms with Gasteiger partial charge >= 0.3 is 0 Å². The van der Waals surface area contributed by atoms with Gasteiger partial charge in [0.25, 0.3) is 0 Å². The maximum Gasteiger partial charge on any atom is 0.0991 e. The Labute approximate surface area is 117 Å². The molecule has 0 heterocycles. The number of benzene rings is 2. The van der Waals surface area contributed by atoms with E-state index in [4.69, 9.17) is 22.6 Å². The first-order chi connectivity index (χ1) is 8.20. The summed E-state index contributed by atoms with van der Waals surface area (Å²) in [5.41, 5.74) is 8.75. The van der Waals surface area contributed by atoms with Crippen LogP contribution in [0.5, 0.6) is 0 Å². The van der Waals surface area contributed by atoms with Gasteiger partial charge in [-0.3, -0.25) is 0 Å². The average Bonchev–Trinajstić information content (AvgIpc) is 2.39. The van der Waals surface area contributed by atoms with Crippen LogP contribution in [-0.4, -0.2) is 0 Å². The zero-order valence-electron chi connectivity index (χ0n) is 9.51. The van der Waals surface area contributed by atoms with Crippen molar-refractivity contribution in [3.05, 3.63) is 70.2 Å². The maximum atomic E-state index is 8.72. The lowest BCUT2D eigenvalue weighted by molar-refractivity contribution is 0.871. The lowest BCUT2D eigenvalue weighted by Crippen LogP contribution is -2.11. The Balaban J connectivity index is 0.00000162. The molecule has 2 rings (SSSR count). The summed E-state index contributed by atoms with van der Waals surface area (Å²) in [6, 6.07) is 16.6. The molecule has 0 spiro atoms. The van der Waals surface area contributed by atoms with E-state index in [1.807, 2.05) is 36.4 Å². The summed E-state index contributed by atoms with van der Waals surface area (Å²) in [4.78, 5) is 0. The smallest absolute Gasteiger partial charge is 0.0991 e. The molecule has 2 N–H and O–H groups in total. The van der Waals surface area contributed by atoms with Gasteiger partial charge in [0.05, 0.1) is 17.7 Å². The minimum Gasteiger partial charge on any atom is -0.320 e. The van der Waals surface area contributed by atoms with Crippen molar-refractivity contribution in [1.82, 2.24) is 0 Å². The Morgan fingerprint density at radius 3 is 1.83 bits per heavy atom. The van der Waals surface area contributed by atoms with E-state index in [-0.39, 0.29) is 18.4 Å². The molecule has 92 valence electrons. The van der Waals surface area contributed by atoms with Gasteiger partial charge in [0.15, 0.2) is 0 Å². The molecule has 0 saturated heterocycles. The number of nitriles is 1. The lowest BCUT2D eigenvalue weighted by Gasteiger charge is -2.12. The first-order valence-corrected chi connectivity index (χ1v) is 5.59. The highest BCUT2D eigenvalue weighted by atomic mass is 35.5. The molecule has 2 aromatic rings. The zero-order chi connectivity index (χ0) is 12.3. The number of nitrogens with zero attached hydrogens (tertiary/aromatic N) is 1. The van der Waals surface area contributed by atoms with E-state index in [0.717, 1.165) is 11.1 Å². The molecular formula is C14H12Cl2N2. The maximum absolute atomic E-state index is 8.72. The molecular weight excluding hydrogens is 267 g/mol. The number of hydrogen-bond donors (Lipinski definition) is 1. The van der Waals surface area contributed by atoms with Crippen LogP contribution in [0.1, 0.15) is 22.7 Å². The summed E-state index contributed by atoms with van der Waals surface area (Å²) in [5.74, 6) is 0. The molecule has 0 saturated carbocycles. The molecule has 2 nitrogen and oxygen atoms in total. The molecule has 0 radical (unpaired) electrons. The van der Waals surface area contributed by atoms with Crippen LogP contribution < -0.4 is 5.73 Å². The molecule has 0 bridgehead atoms. The zero-order valence-corrected chi connectivity index (χ0v) is 11.1. The van der Waals surface area contributed by atoms with Crippen molar-refractivity contribution < 1.29 is 0 Å². The van der Waals surface area contributed by atoms with Crippen molar-refractivity contribution in [1.29, 1.82) is 5.26 Å². The van der Waals surface area contributed by atoms with E-state index in [9.17, 15) is 0 Å². The molecule has 0 amide bonds. The fraction of sp³-hybridized carbons (Fsp3) is 0.0714. The Hall–Kier alpha value is -1.53. The lowest BCUT2D eigenvalue weighted by atomic mass is 9.99. The molecule has 1 atom stereocenters. The predicted molar refractivity (Wildman–Crippen MR) is 75.9 cm³/mol. The van der Waals surface area contributed by atoms with Crippen LogP contribution >= 0.6 is 24.0 Å². The van der Waals surface area contributed by atoms with Crippen LogP contribution in [0.15, 0.2) is 48.5 Å². The third-order valence-electron chi connectivity index (χ3n) is 2.63. The summed E-state index contributed by atoms with van der Waals surface area (Å²) < 4.78 is 0. The topological polar surface area (TPSA) is 49.8 Å². The second-order valence-corrected chi connectivity index (χ2v) is 4.20. The summed E-state index contributed by atoms with van der Waals surface area (Å²) in [5, 5.41) is 9.41. The number of rotatable bonds is 2. The fourth-order valence-corrected chi connectivity index (χ4v) is 1.75. The van der Waals surface area contributed by atoms with Crippen molar-refractivity contribution in [2.45, 2.75) is 6.04 Å². The Bertz CT molecular complexity index is 542. The minimum absolute atomic E-state index is 0. The first-order valence-electron chi connectivity index (χ1n) is 5.22. The standard InChI is InChI=1S/C14H11ClN2.ClH/c15-13-7-5-12(6-8-13)14(17)11-3-1-10(9-16)2-4-11;/h1-8,14H,17H2;1H. The Morgan fingerprint density at radius 2 is 1.39 bits per heavy atom. The van der Waals surface area contributed by atoms with Crippen LogP contribution in [0.2, 0.25) is 5.02 Å². The van der Waals surface area contributed by atoms with Gasteiger partial charge in [0.2, 0.25) is 0 Å². The third kappa shape index (κ3) is 3.24. The summed E-state index contributed by atoms with van der Waals surface area (Å²) in [7, 11) is 0. The van der Waals surface area contributed by atoms with Crippen LogP contribution in [0.3, 0.4) is 0 Å². The molecule has 0 aliphatic rings. The van der Waals surface area contributed by atoms with E-state index < -0.39 is 0 Å². The molecule has 4 heteroatoms. The normalized spacial score (nSPS) is 11.2. The van der Waals surface area contributed by atoms with Crippen molar-refractivity contribution >= 4 is 24.0 Å². The molecule has 0 aromatic heterocycles. The van der Waals surface area contributed by atoms with Gasteiger partial charge in [-0.15, -0.1) is 12.4 Å². The molecule has 0 aliphatic carbocycles. The summed E-state index contributed by atoms with van der Waals surface area (Å²) >= 11 is 5.83. The molecule has 0 fully saturated rings. The highest BCUT2D eigenvalue weighted by Gasteiger charge is 2.08. The van der Waals surface area contributed by atoms with Gasteiger partial charge in [0.1, 0.15) is 0 Å². The van der Waals surface area contributed by atoms with Crippen molar-refractivity contribution in [2.75, 3.05) is 0 Å². The second-order valence-electron chi connectivity index (χ2n) is 3.76. The molecule has 18 heavy (non-hydrogen) atoms. The first kappa shape index (κ1) is 14.5. The Kier molecular flexibility index (Phi) is 5.18. The Morgan fingerprint density at radius 1 is 0.944 bits per heavy atom.